The Morgan fingerprint density at radius 2 is 1.87 bits per heavy atom. The first kappa shape index (κ1) is 12.3. The third-order valence-electron chi connectivity index (χ3n) is 1.90. The molecule has 0 amide bonds. The number of H-pyrrole nitrogens is 2. The van der Waals surface area contributed by atoms with Crippen LogP contribution in [0.2, 0.25) is 0 Å². The third-order valence-corrected chi connectivity index (χ3v) is 2.60. The lowest BCUT2D eigenvalue weighted by molar-refractivity contribution is -0.599. The second-order valence-corrected chi connectivity index (χ2v) is 3.56. The maximum atomic E-state index is 11.5. The van der Waals surface area contributed by atoms with Gasteiger partial charge in [0.1, 0.15) is 0 Å². The molecule has 2 rings (SSSR count). The highest BCUT2D eigenvalue weighted by Gasteiger charge is 2.18. The molecule has 0 aliphatic heterocycles. The summed E-state index contributed by atoms with van der Waals surface area (Å²) in [7, 11) is 0. The van der Waals surface area contributed by atoms with Crippen LogP contribution >= 0.6 is 11.8 Å². The molecule has 0 bridgehead atoms. The Morgan fingerprint density at radius 3 is 2.47 bits per heavy atom. The van der Waals surface area contributed by atoms with Crippen LogP contribution in [0.5, 0.6) is 0 Å². The quantitative estimate of drug-likeness (QED) is 0.369. The van der Waals surface area contributed by atoms with E-state index in [1.54, 1.807) is 4.57 Å². The Kier molecular flexibility index (Phi) is 4.40. The number of rotatable bonds is 2. The van der Waals surface area contributed by atoms with Crippen LogP contribution in [-0.4, -0.2) is 16.5 Å². The molecule has 0 fully saturated rings. The van der Waals surface area contributed by atoms with Gasteiger partial charge in [-0.05, 0) is 6.26 Å². The van der Waals surface area contributed by atoms with E-state index in [9.17, 15) is 4.79 Å². The Labute approximate surface area is 108 Å². The van der Waals surface area contributed by atoms with Crippen LogP contribution in [-0.2, 0) is 0 Å². The van der Waals surface area contributed by atoms with Crippen LogP contribution in [0.25, 0.3) is 5.69 Å². The number of pyridine rings is 1. The minimum Gasteiger partial charge on any atom is -1.00 e. The molecule has 15 heavy (non-hydrogen) atoms. The summed E-state index contributed by atoms with van der Waals surface area (Å²) in [5, 5.41) is 6.23. The van der Waals surface area contributed by atoms with Crippen molar-refractivity contribution in [3.8, 4) is 5.69 Å². The molecule has 0 aromatic carbocycles. The standard InChI is InChI=1S/C9H9N3OS.HI/c1-14-9-7(8(13)10-11-9)12-5-3-2-4-6-12;/h2-6H,1H3,(H-,10,11,13);1H. The normalized spacial score (nSPS) is 9.67. The van der Waals surface area contributed by atoms with Gasteiger partial charge < -0.3 is 24.0 Å². The minimum absolute atomic E-state index is 0. The number of halogens is 1. The van der Waals surface area contributed by atoms with Crippen molar-refractivity contribution in [1.29, 1.82) is 0 Å². The van der Waals surface area contributed by atoms with Crippen molar-refractivity contribution in [2.75, 3.05) is 6.26 Å². The number of aromatic amines is 2. The molecule has 2 aromatic heterocycles. The molecular formula is C9H10IN3OS. The molecular weight excluding hydrogens is 325 g/mol. The van der Waals surface area contributed by atoms with Crippen molar-refractivity contribution >= 4 is 11.8 Å². The van der Waals surface area contributed by atoms with Crippen LogP contribution in [0.15, 0.2) is 40.4 Å². The average molecular weight is 335 g/mol. The summed E-state index contributed by atoms with van der Waals surface area (Å²) in [5.41, 5.74) is 0.531. The molecule has 2 aromatic rings. The molecule has 80 valence electrons. The van der Waals surface area contributed by atoms with Crippen LogP contribution in [0.3, 0.4) is 0 Å². The molecule has 0 aliphatic rings. The van der Waals surface area contributed by atoms with E-state index in [2.05, 4.69) is 10.2 Å². The first-order valence-corrected chi connectivity index (χ1v) is 5.36. The summed E-state index contributed by atoms with van der Waals surface area (Å²) in [6.07, 6.45) is 5.61. The first-order chi connectivity index (χ1) is 6.83. The highest BCUT2D eigenvalue weighted by Crippen LogP contribution is 2.12. The zero-order chi connectivity index (χ0) is 9.97. The maximum Gasteiger partial charge on any atom is 0.337 e. The number of thioether (sulfide) groups is 1. The summed E-state index contributed by atoms with van der Waals surface area (Å²) in [6.45, 7) is 0. The van der Waals surface area contributed by atoms with Gasteiger partial charge in [0.05, 0.1) is 0 Å². The first-order valence-electron chi connectivity index (χ1n) is 4.14. The summed E-state index contributed by atoms with van der Waals surface area (Å²) >= 11 is 1.50. The van der Waals surface area contributed by atoms with Gasteiger partial charge in [-0.25, -0.2) is 0 Å². The van der Waals surface area contributed by atoms with Gasteiger partial charge in [-0.15, -0.1) is 11.8 Å². The predicted octanol–water partition coefficient (Wildman–Crippen LogP) is -2.29. The minimum atomic E-state index is -0.106. The molecule has 0 unspecified atom stereocenters. The van der Waals surface area contributed by atoms with Gasteiger partial charge in [0.15, 0.2) is 17.4 Å². The molecule has 0 spiro atoms. The van der Waals surface area contributed by atoms with Gasteiger partial charge in [0, 0.05) is 12.1 Å². The Balaban J connectivity index is 0.00000112. The monoisotopic (exact) mass is 335 g/mol. The van der Waals surface area contributed by atoms with Crippen molar-refractivity contribution in [3.63, 3.8) is 0 Å². The Bertz CT molecular complexity index is 480. The summed E-state index contributed by atoms with van der Waals surface area (Å²) in [6, 6.07) is 5.68. The number of hydrogen-bond acceptors (Lipinski definition) is 2. The van der Waals surface area contributed by atoms with Crippen molar-refractivity contribution in [3.05, 3.63) is 40.9 Å². The molecule has 0 aliphatic carbocycles. The number of nitrogens with one attached hydrogen (secondary N) is 2. The summed E-state index contributed by atoms with van der Waals surface area (Å²) < 4.78 is 1.79. The number of hydrogen-bond donors (Lipinski definition) is 2. The topological polar surface area (TPSA) is 52.5 Å². The predicted molar refractivity (Wildman–Crippen MR) is 54.7 cm³/mol. The highest BCUT2D eigenvalue weighted by atomic mass is 127. The summed E-state index contributed by atoms with van der Waals surface area (Å²) in [5.74, 6) is 0. The molecule has 2 heterocycles. The number of aromatic nitrogens is 3. The Hall–Kier alpha value is -0.760. The van der Waals surface area contributed by atoms with E-state index in [-0.39, 0.29) is 29.5 Å². The highest BCUT2D eigenvalue weighted by molar-refractivity contribution is 7.98. The Morgan fingerprint density at radius 1 is 1.20 bits per heavy atom. The van der Waals surface area contributed by atoms with Crippen molar-refractivity contribution in [2.24, 2.45) is 0 Å². The maximum absolute atomic E-state index is 11.5. The van der Waals surface area contributed by atoms with Crippen LogP contribution in [0.1, 0.15) is 0 Å². The summed E-state index contributed by atoms with van der Waals surface area (Å²) in [4.78, 5) is 11.5. The lowest BCUT2D eigenvalue weighted by Gasteiger charge is -1.91. The van der Waals surface area contributed by atoms with Crippen LogP contribution < -0.4 is 34.1 Å². The van der Waals surface area contributed by atoms with Gasteiger partial charge in [0.2, 0.25) is 0 Å². The molecule has 0 saturated heterocycles. The molecule has 0 atom stereocenters. The fraction of sp³-hybridized carbons (Fsp3) is 0.111. The van der Waals surface area contributed by atoms with Crippen molar-refractivity contribution in [2.45, 2.75) is 5.03 Å². The lowest BCUT2D eigenvalue weighted by Crippen LogP contribution is -3.00. The fourth-order valence-electron chi connectivity index (χ4n) is 1.27. The largest absolute Gasteiger partial charge is 1.00 e. The second kappa shape index (κ2) is 5.36. The van der Waals surface area contributed by atoms with E-state index in [1.807, 2.05) is 36.8 Å². The van der Waals surface area contributed by atoms with Crippen LogP contribution in [0.4, 0.5) is 0 Å². The van der Waals surface area contributed by atoms with E-state index in [4.69, 9.17) is 0 Å². The molecule has 0 saturated carbocycles. The van der Waals surface area contributed by atoms with E-state index < -0.39 is 0 Å². The van der Waals surface area contributed by atoms with E-state index in [0.29, 0.717) is 5.69 Å². The van der Waals surface area contributed by atoms with E-state index in [1.165, 1.54) is 11.8 Å². The molecule has 2 N–H and O–H groups in total. The molecule has 0 radical (unpaired) electrons. The lowest BCUT2D eigenvalue weighted by atomic mass is 10.4. The van der Waals surface area contributed by atoms with E-state index >= 15 is 0 Å². The smallest absolute Gasteiger partial charge is 0.337 e. The van der Waals surface area contributed by atoms with Gasteiger partial charge >= 0.3 is 11.2 Å². The van der Waals surface area contributed by atoms with Gasteiger partial charge in [-0.1, -0.05) is 6.07 Å². The van der Waals surface area contributed by atoms with Crippen molar-refractivity contribution in [1.82, 2.24) is 10.2 Å². The average Bonchev–Trinajstić information content (AvgIpc) is 2.61. The fourth-order valence-corrected chi connectivity index (χ4v) is 1.81. The zero-order valence-corrected chi connectivity index (χ0v) is 11.0. The zero-order valence-electron chi connectivity index (χ0n) is 8.03. The van der Waals surface area contributed by atoms with Crippen molar-refractivity contribution < 1.29 is 28.5 Å². The molecule has 4 nitrogen and oxygen atoms in total. The third kappa shape index (κ3) is 2.43. The van der Waals surface area contributed by atoms with Crippen LogP contribution in [0, 0.1) is 0 Å². The van der Waals surface area contributed by atoms with E-state index in [0.717, 1.165) is 5.03 Å². The molecule has 6 heteroatoms. The van der Waals surface area contributed by atoms with Gasteiger partial charge in [-0.2, -0.15) is 4.57 Å². The second-order valence-electron chi connectivity index (χ2n) is 2.74. The number of nitrogens with zero attached hydrogens (tertiary/aromatic N) is 1. The SMILES string of the molecule is CSc1[nH][nH]c(=O)c1-[n+]1ccccc1.[I-]. The van der Waals surface area contributed by atoms with Gasteiger partial charge in [-0.3, -0.25) is 15.0 Å². The van der Waals surface area contributed by atoms with Gasteiger partial charge in [0.25, 0.3) is 0 Å².